The maximum Gasteiger partial charge on any atom is 0.231 e. The van der Waals surface area contributed by atoms with Gasteiger partial charge >= 0.3 is 0 Å². The minimum atomic E-state index is -1.04. The summed E-state index contributed by atoms with van der Waals surface area (Å²) < 4.78 is 29.5. The molecular weight excluding hydrogens is 448 g/mol. The quantitative estimate of drug-likeness (QED) is 0.698. The molecule has 0 bridgehead atoms. The van der Waals surface area contributed by atoms with E-state index in [4.69, 9.17) is 0 Å². The molecule has 3 aliphatic rings. The zero-order valence-corrected chi connectivity index (χ0v) is 21.0. The summed E-state index contributed by atoms with van der Waals surface area (Å²) >= 11 is 0. The number of halogens is 2. The lowest BCUT2D eigenvalue weighted by Gasteiger charge is -2.39. The summed E-state index contributed by atoms with van der Waals surface area (Å²) in [4.78, 5) is 26.6. The Morgan fingerprint density at radius 1 is 1.20 bits per heavy atom. The van der Waals surface area contributed by atoms with Crippen molar-refractivity contribution in [3.8, 4) is 0 Å². The number of aromatic nitrogens is 2. The van der Waals surface area contributed by atoms with E-state index in [0.717, 1.165) is 29.8 Å². The molecular formula is C27H35F2N5O. The fourth-order valence-electron chi connectivity index (χ4n) is 6.07. The van der Waals surface area contributed by atoms with Crippen LogP contribution in [0.15, 0.2) is 24.5 Å². The van der Waals surface area contributed by atoms with Gasteiger partial charge in [0.05, 0.1) is 11.6 Å². The zero-order valence-electron chi connectivity index (χ0n) is 21.0. The van der Waals surface area contributed by atoms with Gasteiger partial charge in [-0.25, -0.2) is 18.7 Å². The number of aryl methyl sites for hydroxylation is 1. The molecule has 1 aromatic heterocycles. The van der Waals surface area contributed by atoms with Gasteiger partial charge < -0.3 is 15.1 Å². The maximum absolute atomic E-state index is 15.1. The molecule has 5 rings (SSSR count). The van der Waals surface area contributed by atoms with Crippen molar-refractivity contribution in [2.45, 2.75) is 76.5 Å². The van der Waals surface area contributed by atoms with Crippen molar-refractivity contribution in [2.24, 2.45) is 0 Å². The first-order valence-electron chi connectivity index (χ1n) is 12.7. The molecule has 1 aliphatic carbocycles. The largest absolute Gasteiger partial charge is 0.353 e. The number of hydrogen-bond donors (Lipinski definition) is 1. The lowest BCUT2D eigenvalue weighted by molar-refractivity contribution is -0.133. The third kappa shape index (κ3) is 4.53. The number of anilines is 1. The summed E-state index contributed by atoms with van der Waals surface area (Å²) in [6.07, 6.45) is 2.60. The van der Waals surface area contributed by atoms with E-state index >= 15 is 4.39 Å². The fourth-order valence-corrected chi connectivity index (χ4v) is 6.07. The topological polar surface area (TPSA) is 61.4 Å². The van der Waals surface area contributed by atoms with Crippen LogP contribution in [0.5, 0.6) is 0 Å². The Morgan fingerprint density at radius 3 is 2.60 bits per heavy atom. The monoisotopic (exact) mass is 483 g/mol. The van der Waals surface area contributed by atoms with Gasteiger partial charge in [-0.3, -0.25) is 4.79 Å². The van der Waals surface area contributed by atoms with Crippen LogP contribution in [0.25, 0.3) is 0 Å². The van der Waals surface area contributed by atoms with Crippen molar-refractivity contribution < 1.29 is 13.6 Å². The predicted octanol–water partition coefficient (Wildman–Crippen LogP) is 4.40. The molecule has 2 fully saturated rings. The lowest BCUT2D eigenvalue weighted by Crippen LogP contribution is -2.53. The van der Waals surface area contributed by atoms with Crippen LogP contribution in [0, 0.1) is 12.7 Å². The summed E-state index contributed by atoms with van der Waals surface area (Å²) in [7, 11) is 0. The highest BCUT2D eigenvalue weighted by Gasteiger charge is 2.42. The second kappa shape index (κ2) is 9.12. The Hall–Kier alpha value is -2.61. The number of carbonyl (C=O) groups is 1. The highest BCUT2D eigenvalue weighted by atomic mass is 19.1. The summed E-state index contributed by atoms with van der Waals surface area (Å²) in [6.45, 7) is 10.4. The van der Waals surface area contributed by atoms with Crippen LogP contribution in [0.2, 0.25) is 0 Å². The molecule has 2 aliphatic heterocycles. The van der Waals surface area contributed by atoms with Gasteiger partial charge in [0.25, 0.3) is 0 Å². The van der Waals surface area contributed by atoms with Crippen molar-refractivity contribution in [2.75, 3.05) is 31.1 Å². The van der Waals surface area contributed by atoms with E-state index in [2.05, 4.69) is 34.0 Å². The second-order valence-electron chi connectivity index (χ2n) is 11.1. The SMILES string of the molecule is Cc1ccc(C(C(=O)N2CCN(c3ncnc4c3[C@H](C)C[C@@H]4F)CC2)[C@@H]2CCC(C)(C)N2)c(F)c1. The Balaban J connectivity index is 1.36. The van der Waals surface area contributed by atoms with Crippen LogP contribution in [0.3, 0.4) is 0 Å². The van der Waals surface area contributed by atoms with E-state index in [0.29, 0.717) is 43.9 Å². The van der Waals surface area contributed by atoms with Crippen LogP contribution in [-0.4, -0.2) is 58.5 Å². The van der Waals surface area contributed by atoms with E-state index in [9.17, 15) is 9.18 Å². The molecule has 188 valence electrons. The minimum Gasteiger partial charge on any atom is -0.353 e. The molecule has 2 aromatic rings. The number of fused-ring (bicyclic) bond motifs is 1. The normalized spacial score (nSPS) is 26.6. The average Bonchev–Trinajstić information content (AvgIpc) is 3.33. The van der Waals surface area contributed by atoms with Gasteiger partial charge in [-0.1, -0.05) is 19.1 Å². The molecule has 1 unspecified atom stereocenters. The van der Waals surface area contributed by atoms with Crippen molar-refractivity contribution in [3.05, 3.63) is 52.7 Å². The smallest absolute Gasteiger partial charge is 0.231 e. The van der Waals surface area contributed by atoms with E-state index in [-0.39, 0.29) is 29.2 Å². The third-order valence-corrected chi connectivity index (χ3v) is 7.95. The van der Waals surface area contributed by atoms with Crippen LogP contribution >= 0.6 is 0 Å². The molecule has 35 heavy (non-hydrogen) atoms. The van der Waals surface area contributed by atoms with Crippen molar-refractivity contribution in [1.82, 2.24) is 20.2 Å². The fraction of sp³-hybridized carbons (Fsp3) is 0.593. The van der Waals surface area contributed by atoms with Gasteiger partial charge in [-0.15, -0.1) is 0 Å². The molecule has 8 heteroatoms. The first-order valence-corrected chi connectivity index (χ1v) is 12.7. The number of alkyl halides is 1. The van der Waals surface area contributed by atoms with Gasteiger partial charge in [0, 0.05) is 48.9 Å². The Kier molecular flexibility index (Phi) is 6.28. The van der Waals surface area contributed by atoms with E-state index < -0.39 is 12.1 Å². The number of hydrogen-bond acceptors (Lipinski definition) is 5. The minimum absolute atomic E-state index is 0.0345. The van der Waals surface area contributed by atoms with Gasteiger partial charge in [0.2, 0.25) is 5.91 Å². The summed E-state index contributed by atoms with van der Waals surface area (Å²) in [6, 6.07) is 5.06. The highest BCUT2D eigenvalue weighted by Crippen LogP contribution is 2.44. The number of nitrogens with zero attached hydrogens (tertiary/aromatic N) is 4. The molecule has 0 saturated carbocycles. The van der Waals surface area contributed by atoms with Crippen LogP contribution in [0.4, 0.5) is 14.6 Å². The Labute approximate surface area is 206 Å². The van der Waals surface area contributed by atoms with Gasteiger partial charge in [0.1, 0.15) is 24.1 Å². The lowest BCUT2D eigenvalue weighted by atomic mass is 9.88. The third-order valence-electron chi connectivity index (χ3n) is 7.95. The summed E-state index contributed by atoms with van der Waals surface area (Å²) in [5.41, 5.74) is 2.63. The Morgan fingerprint density at radius 2 is 1.94 bits per heavy atom. The average molecular weight is 484 g/mol. The molecule has 1 aromatic carbocycles. The molecule has 3 heterocycles. The maximum atomic E-state index is 15.1. The molecule has 4 atom stereocenters. The zero-order chi connectivity index (χ0) is 24.9. The molecule has 0 spiro atoms. The first-order chi connectivity index (χ1) is 16.6. The van der Waals surface area contributed by atoms with Crippen molar-refractivity contribution in [3.63, 3.8) is 0 Å². The van der Waals surface area contributed by atoms with Gasteiger partial charge in [0.15, 0.2) is 0 Å². The highest BCUT2D eigenvalue weighted by molar-refractivity contribution is 5.85. The first kappa shape index (κ1) is 24.1. The number of amides is 1. The molecule has 0 radical (unpaired) electrons. The molecule has 2 saturated heterocycles. The summed E-state index contributed by atoms with van der Waals surface area (Å²) in [5.74, 6) is -0.0660. The number of carbonyl (C=O) groups excluding carboxylic acids is 1. The van der Waals surface area contributed by atoms with Crippen molar-refractivity contribution >= 4 is 11.7 Å². The van der Waals surface area contributed by atoms with Gasteiger partial charge in [-0.2, -0.15) is 0 Å². The van der Waals surface area contributed by atoms with Crippen LogP contribution in [0.1, 0.15) is 80.4 Å². The number of piperazine rings is 1. The van der Waals surface area contributed by atoms with Crippen molar-refractivity contribution in [1.29, 1.82) is 0 Å². The number of nitrogens with one attached hydrogen (secondary N) is 1. The number of rotatable bonds is 4. The van der Waals surface area contributed by atoms with E-state index in [1.54, 1.807) is 6.07 Å². The van der Waals surface area contributed by atoms with Gasteiger partial charge in [-0.05, 0) is 57.6 Å². The molecule has 1 amide bonds. The standard InChI is InChI=1S/C27H35F2N5O/c1-16-5-6-18(19(28)13-16)23(21-7-8-27(3,4)32-21)26(35)34-11-9-33(10-12-34)25-22-17(2)14-20(29)24(22)30-15-31-25/h5-6,13,15,17,20-21,23,32H,7-12,14H2,1-4H3/t17-,20+,21+,23?/m1/s1. The predicted molar refractivity (Wildman–Crippen MR) is 132 cm³/mol. The molecule has 6 nitrogen and oxygen atoms in total. The second-order valence-corrected chi connectivity index (χ2v) is 11.1. The van der Waals surface area contributed by atoms with E-state index in [1.807, 2.05) is 24.8 Å². The summed E-state index contributed by atoms with van der Waals surface area (Å²) in [5, 5.41) is 3.59. The molecule has 1 N–H and O–H groups in total. The van der Waals surface area contributed by atoms with Crippen LogP contribution in [-0.2, 0) is 4.79 Å². The Bertz CT molecular complexity index is 1110. The number of benzene rings is 1. The van der Waals surface area contributed by atoms with E-state index in [1.165, 1.54) is 12.4 Å². The van der Waals surface area contributed by atoms with Crippen LogP contribution < -0.4 is 10.2 Å².